The van der Waals surface area contributed by atoms with E-state index in [0.29, 0.717) is 30.6 Å². The molecule has 0 bridgehead atoms. The smallest absolute Gasteiger partial charge is 0.253 e. The number of carbonyl (C=O) groups is 2. The second kappa shape index (κ2) is 7.83. The summed E-state index contributed by atoms with van der Waals surface area (Å²) in [5.74, 6) is -1.82. The van der Waals surface area contributed by atoms with E-state index < -0.39 is 11.6 Å². The van der Waals surface area contributed by atoms with Gasteiger partial charge in [0.05, 0.1) is 10.9 Å². The number of hydrogen-bond acceptors (Lipinski definition) is 2. The fraction of sp³-hybridized carbons (Fsp3) is 0.263. The summed E-state index contributed by atoms with van der Waals surface area (Å²) >= 11 is 5.72. The van der Waals surface area contributed by atoms with Crippen molar-refractivity contribution in [3.8, 4) is 0 Å². The van der Waals surface area contributed by atoms with Crippen LogP contribution >= 0.6 is 11.6 Å². The lowest BCUT2D eigenvalue weighted by Crippen LogP contribution is -2.43. The minimum absolute atomic E-state index is 0.0699. The average molecular weight is 379 g/mol. The summed E-state index contributed by atoms with van der Waals surface area (Å²) in [6.07, 6.45) is 1.34. The highest BCUT2D eigenvalue weighted by molar-refractivity contribution is 6.31. The van der Waals surface area contributed by atoms with E-state index in [4.69, 9.17) is 11.6 Å². The first-order chi connectivity index (χ1) is 12.4. The van der Waals surface area contributed by atoms with Crippen molar-refractivity contribution in [3.63, 3.8) is 0 Å². The quantitative estimate of drug-likeness (QED) is 0.873. The average Bonchev–Trinajstić information content (AvgIpc) is 2.65. The lowest BCUT2D eigenvalue weighted by atomic mass is 9.96. The van der Waals surface area contributed by atoms with Crippen LogP contribution in [-0.4, -0.2) is 29.8 Å². The Hall–Kier alpha value is -2.47. The number of anilines is 1. The number of amides is 2. The van der Waals surface area contributed by atoms with Crippen molar-refractivity contribution in [1.82, 2.24) is 4.90 Å². The standard InChI is InChI=1S/C19H17ClF2N2O2/c20-16-10-15(7-8-17(16)22)23-18(25)13-2-1-9-24(11-13)19(26)12-3-5-14(21)6-4-12/h3-8,10,13H,1-2,9,11H2,(H,23,25)/t13-/m1/s1. The van der Waals surface area contributed by atoms with E-state index >= 15 is 0 Å². The molecule has 2 aromatic rings. The first kappa shape index (κ1) is 18.3. The van der Waals surface area contributed by atoms with Gasteiger partial charge in [0.15, 0.2) is 0 Å². The number of piperidine rings is 1. The lowest BCUT2D eigenvalue weighted by Gasteiger charge is -2.32. The van der Waals surface area contributed by atoms with Crippen LogP contribution in [0.25, 0.3) is 0 Å². The maximum Gasteiger partial charge on any atom is 0.253 e. The first-order valence-corrected chi connectivity index (χ1v) is 8.62. The van der Waals surface area contributed by atoms with E-state index in [9.17, 15) is 18.4 Å². The van der Waals surface area contributed by atoms with Gasteiger partial charge in [0, 0.05) is 24.3 Å². The van der Waals surface area contributed by atoms with Crippen molar-refractivity contribution >= 4 is 29.1 Å². The molecule has 0 unspecified atom stereocenters. The van der Waals surface area contributed by atoms with Crippen molar-refractivity contribution in [2.24, 2.45) is 5.92 Å². The number of benzene rings is 2. The van der Waals surface area contributed by atoms with Gasteiger partial charge in [0.2, 0.25) is 5.91 Å². The third kappa shape index (κ3) is 4.19. The normalized spacial score (nSPS) is 17.0. The Balaban J connectivity index is 1.65. The molecule has 0 spiro atoms. The largest absolute Gasteiger partial charge is 0.338 e. The van der Waals surface area contributed by atoms with Crippen molar-refractivity contribution in [2.75, 3.05) is 18.4 Å². The molecule has 2 amide bonds. The number of rotatable bonds is 3. The molecular formula is C19H17ClF2N2O2. The molecule has 1 saturated heterocycles. The van der Waals surface area contributed by atoms with Gasteiger partial charge in [-0.25, -0.2) is 8.78 Å². The predicted octanol–water partition coefficient (Wildman–Crippen LogP) is 4.11. The second-order valence-electron chi connectivity index (χ2n) is 6.22. The fourth-order valence-corrected chi connectivity index (χ4v) is 3.15. The zero-order valence-electron chi connectivity index (χ0n) is 13.8. The Morgan fingerprint density at radius 1 is 1.12 bits per heavy atom. The van der Waals surface area contributed by atoms with E-state index in [1.807, 2.05) is 0 Å². The zero-order valence-corrected chi connectivity index (χ0v) is 14.6. The monoisotopic (exact) mass is 378 g/mol. The summed E-state index contributed by atoms with van der Waals surface area (Å²) in [4.78, 5) is 26.6. The Kier molecular flexibility index (Phi) is 5.52. The molecule has 2 aromatic carbocycles. The van der Waals surface area contributed by atoms with Gasteiger partial charge in [0.25, 0.3) is 5.91 Å². The summed E-state index contributed by atoms with van der Waals surface area (Å²) in [7, 11) is 0. The highest BCUT2D eigenvalue weighted by Gasteiger charge is 2.29. The van der Waals surface area contributed by atoms with Gasteiger partial charge in [-0.1, -0.05) is 11.6 Å². The number of nitrogens with zero attached hydrogens (tertiary/aromatic N) is 1. The Bertz CT molecular complexity index is 827. The van der Waals surface area contributed by atoms with Gasteiger partial charge < -0.3 is 10.2 Å². The second-order valence-corrected chi connectivity index (χ2v) is 6.62. The van der Waals surface area contributed by atoms with Gasteiger partial charge in [-0.05, 0) is 55.3 Å². The SMILES string of the molecule is O=C(Nc1ccc(F)c(Cl)c1)[C@@H]1CCCN(C(=O)c2ccc(F)cc2)C1. The van der Waals surface area contributed by atoms with Crippen molar-refractivity contribution in [2.45, 2.75) is 12.8 Å². The molecule has 3 rings (SSSR count). The third-order valence-corrected chi connectivity index (χ3v) is 4.65. The minimum atomic E-state index is -0.557. The maximum atomic E-state index is 13.2. The third-order valence-electron chi connectivity index (χ3n) is 4.36. The molecule has 1 aliphatic rings. The number of halogens is 3. The topological polar surface area (TPSA) is 49.4 Å². The molecule has 1 heterocycles. The highest BCUT2D eigenvalue weighted by atomic mass is 35.5. The lowest BCUT2D eigenvalue weighted by molar-refractivity contribution is -0.121. The molecule has 26 heavy (non-hydrogen) atoms. The molecule has 4 nitrogen and oxygen atoms in total. The molecule has 0 radical (unpaired) electrons. The van der Waals surface area contributed by atoms with Crippen LogP contribution in [0, 0.1) is 17.6 Å². The molecule has 1 N–H and O–H groups in total. The van der Waals surface area contributed by atoms with Crippen LogP contribution in [0.4, 0.5) is 14.5 Å². The van der Waals surface area contributed by atoms with Gasteiger partial charge >= 0.3 is 0 Å². The Morgan fingerprint density at radius 3 is 2.54 bits per heavy atom. The van der Waals surface area contributed by atoms with Gasteiger partial charge in [-0.15, -0.1) is 0 Å². The number of hydrogen-bond donors (Lipinski definition) is 1. The predicted molar refractivity (Wildman–Crippen MR) is 95.1 cm³/mol. The van der Waals surface area contributed by atoms with Crippen LogP contribution in [0.5, 0.6) is 0 Å². The summed E-state index contributed by atoms with van der Waals surface area (Å²) in [6, 6.07) is 9.30. The summed E-state index contributed by atoms with van der Waals surface area (Å²) in [6.45, 7) is 0.819. The number of nitrogens with one attached hydrogen (secondary N) is 1. The van der Waals surface area contributed by atoms with Crippen LogP contribution in [0.1, 0.15) is 23.2 Å². The van der Waals surface area contributed by atoms with Crippen molar-refractivity contribution < 1.29 is 18.4 Å². The van der Waals surface area contributed by atoms with Gasteiger partial charge in [0.1, 0.15) is 11.6 Å². The van der Waals surface area contributed by atoms with E-state index in [1.54, 1.807) is 4.90 Å². The Labute approximate surface area is 154 Å². The minimum Gasteiger partial charge on any atom is -0.338 e. The van der Waals surface area contributed by atoms with Gasteiger partial charge in [-0.3, -0.25) is 9.59 Å². The molecule has 136 valence electrons. The molecule has 1 fully saturated rings. The number of likely N-dealkylation sites (tertiary alicyclic amines) is 1. The summed E-state index contributed by atoms with van der Waals surface area (Å²) in [5, 5.41) is 2.64. The summed E-state index contributed by atoms with van der Waals surface area (Å²) in [5.41, 5.74) is 0.793. The van der Waals surface area contributed by atoms with Crippen molar-refractivity contribution in [1.29, 1.82) is 0 Å². The van der Waals surface area contributed by atoms with Crippen LogP contribution in [-0.2, 0) is 4.79 Å². The van der Waals surface area contributed by atoms with Crippen molar-refractivity contribution in [3.05, 3.63) is 64.7 Å². The van der Waals surface area contributed by atoms with Crippen LogP contribution in [0.3, 0.4) is 0 Å². The van der Waals surface area contributed by atoms with E-state index in [2.05, 4.69) is 5.32 Å². The molecule has 1 aliphatic heterocycles. The molecule has 7 heteroatoms. The summed E-state index contributed by atoms with van der Waals surface area (Å²) < 4.78 is 26.2. The number of carbonyl (C=O) groups excluding carboxylic acids is 2. The molecule has 0 aliphatic carbocycles. The molecule has 0 aromatic heterocycles. The van der Waals surface area contributed by atoms with E-state index in [0.717, 1.165) is 0 Å². The Morgan fingerprint density at radius 2 is 1.85 bits per heavy atom. The van der Waals surface area contributed by atoms with E-state index in [1.165, 1.54) is 42.5 Å². The fourth-order valence-electron chi connectivity index (χ4n) is 2.97. The first-order valence-electron chi connectivity index (χ1n) is 8.25. The molecule has 0 saturated carbocycles. The molecular weight excluding hydrogens is 362 g/mol. The molecule has 1 atom stereocenters. The highest BCUT2D eigenvalue weighted by Crippen LogP contribution is 2.23. The van der Waals surface area contributed by atoms with E-state index in [-0.39, 0.29) is 29.3 Å². The van der Waals surface area contributed by atoms with Crippen LogP contribution < -0.4 is 5.32 Å². The van der Waals surface area contributed by atoms with Crippen LogP contribution in [0.15, 0.2) is 42.5 Å². The maximum absolute atomic E-state index is 13.2. The van der Waals surface area contributed by atoms with Crippen LogP contribution in [0.2, 0.25) is 5.02 Å². The van der Waals surface area contributed by atoms with Gasteiger partial charge in [-0.2, -0.15) is 0 Å². The zero-order chi connectivity index (χ0) is 18.7.